The van der Waals surface area contributed by atoms with Crippen molar-refractivity contribution in [3.63, 3.8) is 0 Å². The Morgan fingerprint density at radius 1 is 1.36 bits per heavy atom. The van der Waals surface area contributed by atoms with Gasteiger partial charge in [-0.1, -0.05) is 12.1 Å². The molecule has 3 N–H and O–H groups in total. The molecule has 146 valence electrons. The first kappa shape index (κ1) is 18.2. The Bertz CT molecular complexity index is 984. The number of aromatic amines is 1. The minimum absolute atomic E-state index is 0.229. The van der Waals surface area contributed by atoms with Crippen molar-refractivity contribution in [1.29, 1.82) is 0 Å². The van der Waals surface area contributed by atoms with E-state index in [9.17, 15) is 9.18 Å². The van der Waals surface area contributed by atoms with E-state index < -0.39 is 6.03 Å². The number of pyridine rings is 1. The predicted molar refractivity (Wildman–Crippen MR) is 104 cm³/mol. The molecule has 1 aromatic carbocycles. The Morgan fingerprint density at radius 2 is 2.11 bits per heavy atom. The molecule has 4 rings (SSSR count). The summed E-state index contributed by atoms with van der Waals surface area (Å²) in [5.41, 5.74) is 1.59. The summed E-state index contributed by atoms with van der Waals surface area (Å²) in [4.78, 5) is 18.7. The third-order valence-electron chi connectivity index (χ3n) is 4.87. The number of urea groups is 1. The maximum Gasteiger partial charge on any atom is 0.320 e. The first-order valence-corrected chi connectivity index (χ1v) is 8.98. The fourth-order valence-electron chi connectivity index (χ4n) is 3.15. The molecule has 0 saturated carbocycles. The van der Waals surface area contributed by atoms with Crippen LogP contribution in [-0.4, -0.2) is 47.5 Å². The van der Waals surface area contributed by atoms with Gasteiger partial charge in [-0.25, -0.2) is 14.2 Å². The summed E-state index contributed by atoms with van der Waals surface area (Å²) in [5, 5.41) is 13.7. The van der Waals surface area contributed by atoms with Crippen LogP contribution in [0.4, 0.5) is 20.8 Å². The number of ether oxygens (including phenoxy) is 1. The third-order valence-corrected chi connectivity index (χ3v) is 4.87. The highest BCUT2D eigenvalue weighted by Crippen LogP contribution is 2.28. The third kappa shape index (κ3) is 3.61. The van der Waals surface area contributed by atoms with E-state index >= 15 is 0 Å². The molecule has 1 aliphatic heterocycles. The summed E-state index contributed by atoms with van der Waals surface area (Å²) in [6.45, 7) is 3.41. The van der Waals surface area contributed by atoms with Crippen molar-refractivity contribution in [2.24, 2.45) is 0 Å². The molecule has 2 aromatic heterocycles. The van der Waals surface area contributed by atoms with E-state index in [1.807, 2.05) is 6.92 Å². The summed E-state index contributed by atoms with van der Waals surface area (Å²) in [7, 11) is 1.70. The topological polar surface area (TPSA) is 95.2 Å². The van der Waals surface area contributed by atoms with Gasteiger partial charge in [-0.2, -0.15) is 5.10 Å². The number of nitrogens with one attached hydrogen (secondary N) is 3. The number of aromatic nitrogens is 3. The second-order valence-corrected chi connectivity index (χ2v) is 6.80. The van der Waals surface area contributed by atoms with E-state index in [2.05, 4.69) is 30.7 Å². The van der Waals surface area contributed by atoms with Crippen molar-refractivity contribution < 1.29 is 13.9 Å². The Morgan fingerprint density at radius 3 is 2.82 bits per heavy atom. The van der Waals surface area contributed by atoms with E-state index in [-0.39, 0.29) is 18.0 Å². The molecule has 0 radical (unpaired) electrons. The van der Waals surface area contributed by atoms with Crippen LogP contribution in [0.2, 0.25) is 0 Å². The number of fused-ring (bicyclic) bond motifs is 1. The Hall–Kier alpha value is -3.20. The van der Waals surface area contributed by atoms with Gasteiger partial charge in [0.25, 0.3) is 0 Å². The van der Waals surface area contributed by atoms with Crippen molar-refractivity contribution in [3.8, 4) is 0 Å². The number of hydrogen-bond donors (Lipinski definition) is 3. The molecule has 2 amide bonds. The standard InChI is InChI=1S/C19H21FN6O2/c1-11(12-3-5-13(20)6-4-12)22-19(27)23-17-7-16-15(8-21-17)18(25-24-16)26-9-14(10-26)28-2/h3-8,11,14H,9-10H2,1-2H3,(H,24,25)(H2,21,22,23,27)/t11-/m1/s1. The van der Waals surface area contributed by atoms with Crippen LogP contribution in [0, 0.1) is 5.82 Å². The molecule has 1 saturated heterocycles. The van der Waals surface area contributed by atoms with Crippen LogP contribution >= 0.6 is 0 Å². The van der Waals surface area contributed by atoms with Gasteiger partial charge < -0.3 is 15.0 Å². The molecular weight excluding hydrogens is 363 g/mol. The van der Waals surface area contributed by atoms with E-state index in [1.165, 1.54) is 12.1 Å². The van der Waals surface area contributed by atoms with Crippen LogP contribution in [0.3, 0.4) is 0 Å². The summed E-state index contributed by atoms with van der Waals surface area (Å²) in [5.74, 6) is 0.925. The van der Waals surface area contributed by atoms with Crippen LogP contribution in [0.25, 0.3) is 10.9 Å². The Balaban J connectivity index is 1.40. The highest BCUT2D eigenvalue weighted by atomic mass is 19.1. The fraction of sp³-hybridized carbons (Fsp3) is 0.316. The lowest BCUT2D eigenvalue weighted by Gasteiger charge is -2.38. The molecule has 3 heterocycles. The van der Waals surface area contributed by atoms with Crippen molar-refractivity contribution >= 4 is 28.6 Å². The zero-order valence-electron chi connectivity index (χ0n) is 15.6. The molecule has 0 unspecified atom stereocenters. The molecule has 1 fully saturated rings. The number of halogens is 1. The number of hydrogen-bond acceptors (Lipinski definition) is 5. The van der Waals surface area contributed by atoms with Gasteiger partial charge in [0.1, 0.15) is 11.6 Å². The van der Waals surface area contributed by atoms with E-state index in [4.69, 9.17) is 4.74 Å². The Kier molecular flexibility index (Phi) is 4.82. The summed E-state index contributed by atoms with van der Waals surface area (Å²) >= 11 is 0. The minimum Gasteiger partial charge on any atom is -0.378 e. The van der Waals surface area contributed by atoms with Crippen molar-refractivity contribution in [2.45, 2.75) is 19.1 Å². The van der Waals surface area contributed by atoms with Crippen LogP contribution in [0.15, 0.2) is 36.5 Å². The quantitative estimate of drug-likeness (QED) is 0.629. The predicted octanol–water partition coefficient (Wildman–Crippen LogP) is 2.81. The van der Waals surface area contributed by atoms with E-state index in [0.717, 1.165) is 35.4 Å². The highest BCUT2D eigenvalue weighted by Gasteiger charge is 2.29. The van der Waals surface area contributed by atoms with Crippen LogP contribution in [0.5, 0.6) is 0 Å². The molecule has 0 aliphatic carbocycles. The van der Waals surface area contributed by atoms with Gasteiger partial charge >= 0.3 is 6.03 Å². The molecule has 3 aromatic rings. The lowest BCUT2D eigenvalue weighted by Crippen LogP contribution is -2.52. The smallest absolute Gasteiger partial charge is 0.320 e. The molecule has 28 heavy (non-hydrogen) atoms. The lowest BCUT2D eigenvalue weighted by atomic mass is 10.1. The maximum atomic E-state index is 13.0. The molecule has 0 bridgehead atoms. The first-order valence-electron chi connectivity index (χ1n) is 8.98. The van der Waals surface area contributed by atoms with Crippen molar-refractivity contribution in [2.75, 3.05) is 30.4 Å². The zero-order chi connectivity index (χ0) is 19.7. The molecule has 8 nitrogen and oxygen atoms in total. The van der Waals surface area contributed by atoms with Gasteiger partial charge in [0.15, 0.2) is 5.82 Å². The molecule has 0 spiro atoms. The average molecular weight is 384 g/mol. The number of amides is 2. The monoisotopic (exact) mass is 384 g/mol. The van der Waals surface area contributed by atoms with Crippen LogP contribution in [0.1, 0.15) is 18.5 Å². The number of H-pyrrole nitrogens is 1. The zero-order valence-corrected chi connectivity index (χ0v) is 15.6. The summed E-state index contributed by atoms with van der Waals surface area (Å²) in [6, 6.07) is 7.08. The number of anilines is 2. The van der Waals surface area contributed by atoms with Crippen LogP contribution in [-0.2, 0) is 4.74 Å². The molecular formula is C19H21FN6O2. The summed E-state index contributed by atoms with van der Waals surface area (Å²) < 4.78 is 18.3. The van der Waals surface area contributed by atoms with E-state index in [1.54, 1.807) is 31.5 Å². The van der Waals surface area contributed by atoms with Gasteiger partial charge in [0.05, 0.1) is 23.0 Å². The lowest BCUT2D eigenvalue weighted by molar-refractivity contribution is 0.0784. The van der Waals surface area contributed by atoms with Crippen molar-refractivity contribution in [1.82, 2.24) is 20.5 Å². The summed E-state index contributed by atoms with van der Waals surface area (Å²) in [6.07, 6.45) is 1.92. The number of carbonyl (C=O) groups is 1. The normalized spacial score (nSPS) is 15.3. The van der Waals surface area contributed by atoms with Gasteiger partial charge in [0, 0.05) is 32.5 Å². The molecule has 1 aliphatic rings. The molecule has 1 atom stereocenters. The SMILES string of the molecule is COC1CN(c2n[nH]c3cc(NC(=O)N[C@H](C)c4ccc(F)cc4)ncc23)C1. The average Bonchev–Trinajstić information content (AvgIpc) is 3.04. The largest absolute Gasteiger partial charge is 0.378 e. The Labute approximate surface area is 161 Å². The maximum absolute atomic E-state index is 13.0. The number of nitrogens with zero attached hydrogens (tertiary/aromatic N) is 3. The second-order valence-electron chi connectivity index (χ2n) is 6.80. The fourth-order valence-corrected chi connectivity index (χ4v) is 3.15. The molecule has 9 heteroatoms. The van der Waals surface area contributed by atoms with Gasteiger partial charge in [-0.05, 0) is 24.6 Å². The first-order chi connectivity index (χ1) is 13.5. The minimum atomic E-state index is -0.394. The van der Waals surface area contributed by atoms with Crippen molar-refractivity contribution in [3.05, 3.63) is 47.9 Å². The number of rotatable bonds is 5. The van der Waals surface area contributed by atoms with Gasteiger partial charge in [-0.3, -0.25) is 10.4 Å². The highest BCUT2D eigenvalue weighted by molar-refractivity contribution is 5.94. The number of benzene rings is 1. The second kappa shape index (κ2) is 7.43. The van der Waals surface area contributed by atoms with Gasteiger partial charge in [-0.15, -0.1) is 0 Å². The van der Waals surface area contributed by atoms with Crippen LogP contribution < -0.4 is 15.5 Å². The van der Waals surface area contributed by atoms with E-state index in [0.29, 0.717) is 5.82 Å². The number of carbonyl (C=O) groups excluding carboxylic acids is 1. The van der Waals surface area contributed by atoms with Gasteiger partial charge in [0.2, 0.25) is 0 Å². The number of methoxy groups -OCH3 is 1.